The average molecular weight is 249 g/mol. The normalized spacial score (nSPS) is 16.1. The summed E-state index contributed by atoms with van der Waals surface area (Å²) >= 11 is 0. The Labute approximate surface area is 107 Å². The molecule has 1 fully saturated rings. The van der Waals surface area contributed by atoms with Gasteiger partial charge in [0.1, 0.15) is 0 Å². The molecule has 0 unspecified atom stereocenters. The van der Waals surface area contributed by atoms with Crippen LogP contribution in [0.5, 0.6) is 0 Å². The first kappa shape index (κ1) is 12.7. The van der Waals surface area contributed by atoms with Crippen LogP contribution in [0.1, 0.15) is 33.1 Å². The molecule has 1 aliphatic rings. The molecule has 0 bridgehead atoms. The first-order valence-electron chi connectivity index (χ1n) is 6.34. The maximum Gasteiger partial charge on any atom is 0.273 e. The summed E-state index contributed by atoms with van der Waals surface area (Å²) in [5.41, 5.74) is 1.88. The quantitative estimate of drug-likeness (QED) is 0.599. The van der Waals surface area contributed by atoms with Gasteiger partial charge in [-0.3, -0.25) is 10.1 Å². The minimum absolute atomic E-state index is 0.122. The van der Waals surface area contributed by atoms with Gasteiger partial charge in [-0.1, -0.05) is 6.92 Å². The second kappa shape index (κ2) is 4.84. The lowest BCUT2D eigenvalue weighted by molar-refractivity contribution is -0.384. The third kappa shape index (κ3) is 3.12. The minimum atomic E-state index is -0.350. The van der Waals surface area contributed by atoms with Crippen LogP contribution in [0, 0.1) is 10.1 Å². The van der Waals surface area contributed by atoms with Crippen molar-refractivity contribution in [1.82, 2.24) is 0 Å². The molecule has 0 heterocycles. The van der Waals surface area contributed by atoms with E-state index in [1.807, 2.05) is 6.07 Å². The number of hydrogen-bond acceptors (Lipinski definition) is 4. The highest BCUT2D eigenvalue weighted by Crippen LogP contribution is 2.39. The molecule has 0 amide bonds. The van der Waals surface area contributed by atoms with Crippen molar-refractivity contribution in [2.45, 2.75) is 38.6 Å². The van der Waals surface area contributed by atoms with E-state index in [9.17, 15) is 10.1 Å². The Morgan fingerprint density at radius 1 is 1.33 bits per heavy atom. The first-order chi connectivity index (χ1) is 8.52. The number of nitrogens with one attached hydrogen (secondary N) is 2. The van der Waals surface area contributed by atoms with Gasteiger partial charge in [0.15, 0.2) is 0 Å². The van der Waals surface area contributed by atoms with Crippen LogP contribution >= 0.6 is 0 Å². The lowest BCUT2D eigenvalue weighted by Crippen LogP contribution is -2.16. The lowest BCUT2D eigenvalue weighted by Gasteiger charge is -2.14. The summed E-state index contributed by atoms with van der Waals surface area (Å²) in [6.07, 6.45) is 3.23. The van der Waals surface area contributed by atoms with Crippen molar-refractivity contribution in [1.29, 1.82) is 0 Å². The van der Waals surface area contributed by atoms with E-state index in [2.05, 4.69) is 24.5 Å². The van der Waals surface area contributed by atoms with Gasteiger partial charge in [0.25, 0.3) is 5.69 Å². The van der Waals surface area contributed by atoms with Crippen molar-refractivity contribution in [2.24, 2.45) is 0 Å². The van der Waals surface area contributed by atoms with Crippen molar-refractivity contribution in [3.63, 3.8) is 0 Å². The van der Waals surface area contributed by atoms with Gasteiger partial charge in [-0.2, -0.15) is 0 Å². The van der Waals surface area contributed by atoms with Crippen molar-refractivity contribution in [3.05, 3.63) is 28.3 Å². The first-order valence-corrected chi connectivity index (χ1v) is 6.34. The van der Waals surface area contributed by atoms with E-state index in [0.717, 1.165) is 37.2 Å². The van der Waals surface area contributed by atoms with Gasteiger partial charge in [0, 0.05) is 35.6 Å². The molecule has 0 radical (unpaired) electrons. The maximum atomic E-state index is 10.9. The monoisotopic (exact) mass is 249 g/mol. The number of nitrogens with zero attached hydrogens (tertiary/aromatic N) is 1. The fraction of sp³-hybridized carbons (Fsp3) is 0.538. The summed E-state index contributed by atoms with van der Waals surface area (Å²) in [6, 6.07) is 5.11. The molecule has 0 aliphatic heterocycles. The van der Waals surface area contributed by atoms with Crippen molar-refractivity contribution in [3.8, 4) is 0 Å². The second-order valence-corrected chi connectivity index (χ2v) is 5.14. The zero-order chi connectivity index (χ0) is 13.2. The number of anilines is 2. The van der Waals surface area contributed by atoms with Crippen LogP contribution in [0.4, 0.5) is 17.1 Å². The van der Waals surface area contributed by atoms with Gasteiger partial charge in [0.05, 0.1) is 4.92 Å². The van der Waals surface area contributed by atoms with Crippen LogP contribution in [0.2, 0.25) is 0 Å². The summed E-state index contributed by atoms with van der Waals surface area (Å²) in [5, 5.41) is 17.5. The number of nitro benzene ring substituents is 1. The molecular formula is C13H19N3O2. The molecule has 98 valence electrons. The van der Waals surface area contributed by atoms with Gasteiger partial charge < -0.3 is 10.6 Å². The number of nitro groups is 1. The standard InChI is InChI=1S/C13H19N3O2/c1-3-6-14-10-7-11(15-13(2)4-5-13)9-12(8-10)16(17)18/h7-9,14-15H,3-6H2,1-2H3. The van der Waals surface area contributed by atoms with Gasteiger partial charge >= 0.3 is 0 Å². The third-order valence-electron chi connectivity index (χ3n) is 3.15. The largest absolute Gasteiger partial charge is 0.385 e. The Morgan fingerprint density at radius 3 is 2.56 bits per heavy atom. The van der Waals surface area contributed by atoms with E-state index in [1.54, 1.807) is 12.1 Å². The average Bonchev–Trinajstić information content (AvgIpc) is 3.03. The summed E-state index contributed by atoms with van der Waals surface area (Å²) in [6.45, 7) is 5.01. The number of hydrogen-bond donors (Lipinski definition) is 2. The van der Waals surface area contributed by atoms with Crippen molar-refractivity contribution >= 4 is 17.1 Å². The Kier molecular flexibility index (Phi) is 3.41. The predicted octanol–water partition coefficient (Wildman–Crippen LogP) is 3.38. The zero-order valence-electron chi connectivity index (χ0n) is 10.8. The zero-order valence-corrected chi connectivity index (χ0v) is 10.8. The van der Waals surface area contributed by atoms with Crippen LogP contribution in [-0.4, -0.2) is 17.0 Å². The van der Waals surface area contributed by atoms with Gasteiger partial charge in [-0.05, 0) is 32.3 Å². The van der Waals surface area contributed by atoms with E-state index in [1.165, 1.54) is 0 Å². The van der Waals surface area contributed by atoms with E-state index >= 15 is 0 Å². The summed E-state index contributed by atoms with van der Waals surface area (Å²) in [4.78, 5) is 10.6. The fourth-order valence-corrected chi connectivity index (χ4v) is 1.82. The number of benzene rings is 1. The van der Waals surface area contributed by atoms with Crippen LogP contribution in [0.15, 0.2) is 18.2 Å². The van der Waals surface area contributed by atoms with Gasteiger partial charge in [0.2, 0.25) is 0 Å². The Bertz CT molecular complexity index is 456. The topological polar surface area (TPSA) is 67.2 Å². The predicted molar refractivity (Wildman–Crippen MR) is 73.1 cm³/mol. The number of non-ortho nitro benzene ring substituents is 1. The minimum Gasteiger partial charge on any atom is -0.385 e. The van der Waals surface area contributed by atoms with E-state index in [4.69, 9.17) is 0 Å². The van der Waals surface area contributed by atoms with Crippen LogP contribution in [-0.2, 0) is 0 Å². The summed E-state index contributed by atoms with van der Waals surface area (Å²) in [5.74, 6) is 0. The highest BCUT2D eigenvalue weighted by molar-refractivity contribution is 5.64. The molecule has 0 spiro atoms. The summed E-state index contributed by atoms with van der Waals surface area (Å²) < 4.78 is 0. The Hall–Kier alpha value is -1.78. The molecule has 0 atom stereocenters. The third-order valence-corrected chi connectivity index (χ3v) is 3.15. The van der Waals surface area contributed by atoms with Gasteiger partial charge in [-0.15, -0.1) is 0 Å². The molecule has 5 nitrogen and oxygen atoms in total. The second-order valence-electron chi connectivity index (χ2n) is 5.14. The lowest BCUT2D eigenvalue weighted by atomic mass is 10.2. The Morgan fingerprint density at radius 2 is 2.00 bits per heavy atom. The molecule has 5 heteroatoms. The van der Waals surface area contributed by atoms with Crippen LogP contribution < -0.4 is 10.6 Å². The van der Waals surface area contributed by atoms with Crippen molar-refractivity contribution in [2.75, 3.05) is 17.2 Å². The van der Waals surface area contributed by atoms with Crippen LogP contribution in [0.3, 0.4) is 0 Å². The molecule has 0 aromatic heterocycles. The molecular weight excluding hydrogens is 230 g/mol. The van der Waals surface area contributed by atoms with Gasteiger partial charge in [-0.25, -0.2) is 0 Å². The highest BCUT2D eigenvalue weighted by Gasteiger charge is 2.37. The van der Waals surface area contributed by atoms with Crippen LogP contribution in [0.25, 0.3) is 0 Å². The molecule has 1 aromatic rings. The molecule has 18 heavy (non-hydrogen) atoms. The van der Waals surface area contributed by atoms with E-state index in [0.29, 0.717) is 0 Å². The Balaban J connectivity index is 2.21. The molecule has 1 saturated carbocycles. The smallest absolute Gasteiger partial charge is 0.273 e. The fourth-order valence-electron chi connectivity index (χ4n) is 1.82. The van der Waals surface area contributed by atoms with E-state index in [-0.39, 0.29) is 16.1 Å². The van der Waals surface area contributed by atoms with Crippen molar-refractivity contribution < 1.29 is 4.92 Å². The molecule has 2 rings (SSSR count). The molecule has 1 aromatic carbocycles. The number of rotatable bonds is 6. The molecule has 1 aliphatic carbocycles. The summed E-state index contributed by atoms with van der Waals surface area (Å²) in [7, 11) is 0. The molecule has 0 saturated heterocycles. The highest BCUT2D eigenvalue weighted by atomic mass is 16.6. The maximum absolute atomic E-state index is 10.9. The van der Waals surface area contributed by atoms with E-state index < -0.39 is 0 Å². The SMILES string of the molecule is CCCNc1cc(NC2(C)CC2)cc([N+](=O)[O-])c1. The molecule has 2 N–H and O–H groups in total.